The maximum absolute atomic E-state index is 12.4. The van der Waals surface area contributed by atoms with Gasteiger partial charge in [0.1, 0.15) is 5.82 Å². The third-order valence-corrected chi connectivity index (χ3v) is 7.56. The van der Waals surface area contributed by atoms with E-state index in [-0.39, 0.29) is 5.25 Å². The van der Waals surface area contributed by atoms with E-state index in [4.69, 9.17) is 0 Å². The summed E-state index contributed by atoms with van der Waals surface area (Å²) in [6.45, 7) is 0. The molecule has 9 nitrogen and oxygen atoms in total. The highest BCUT2D eigenvalue weighted by Crippen LogP contribution is 2.34. The molecule has 1 aliphatic rings. The first kappa shape index (κ1) is 20.7. The van der Waals surface area contributed by atoms with Crippen molar-refractivity contribution in [3.8, 4) is 0 Å². The van der Waals surface area contributed by atoms with Gasteiger partial charge in [0.2, 0.25) is 16.0 Å². The van der Waals surface area contributed by atoms with Crippen molar-refractivity contribution >= 4 is 65.8 Å². The molecule has 0 bridgehead atoms. The number of sulfonamides is 1. The van der Waals surface area contributed by atoms with E-state index in [1.54, 1.807) is 30.7 Å². The van der Waals surface area contributed by atoms with Crippen molar-refractivity contribution in [2.24, 2.45) is 7.05 Å². The van der Waals surface area contributed by atoms with E-state index in [2.05, 4.69) is 46.2 Å². The molecule has 2 heterocycles. The predicted octanol–water partition coefficient (Wildman–Crippen LogP) is 4.52. The average Bonchev–Trinajstić information content (AvgIpc) is 3.57. The number of hydrogen-bond donors (Lipinski definition) is 3. The first-order chi connectivity index (χ1) is 15.4. The molecule has 4 aromatic rings. The summed E-state index contributed by atoms with van der Waals surface area (Å²) in [5.74, 6) is 0.899. The van der Waals surface area contributed by atoms with Gasteiger partial charge in [0.25, 0.3) is 0 Å². The van der Waals surface area contributed by atoms with E-state index in [0.29, 0.717) is 40.5 Å². The third kappa shape index (κ3) is 4.26. The molecule has 0 spiro atoms. The van der Waals surface area contributed by atoms with Gasteiger partial charge in [-0.25, -0.2) is 18.4 Å². The fourth-order valence-electron chi connectivity index (χ4n) is 3.27. The SMILES string of the molecule is Cn1cnc2ccc(Nc3ncc(Br)c(Nc4ccccc4NS(=O)(=O)C4CC4)n3)cc21. The van der Waals surface area contributed by atoms with Crippen LogP contribution in [0.5, 0.6) is 0 Å². The van der Waals surface area contributed by atoms with E-state index in [9.17, 15) is 8.42 Å². The van der Waals surface area contributed by atoms with Gasteiger partial charge in [-0.1, -0.05) is 12.1 Å². The van der Waals surface area contributed by atoms with Gasteiger partial charge in [-0.15, -0.1) is 0 Å². The number of halogens is 1. The Hall–Kier alpha value is -3.18. The van der Waals surface area contributed by atoms with Crippen molar-refractivity contribution in [1.29, 1.82) is 0 Å². The monoisotopic (exact) mass is 513 g/mol. The number of nitrogens with zero attached hydrogens (tertiary/aromatic N) is 4. The molecule has 5 rings (SSSR count). The summed E-state index contributed by atoms with van der Waals surface area (Å²) in [5.41, 5.74) is 3.79. The minimum atomic E-state index is -3.38. The second-order valence-electron chi connectivity index (χ2n) is 7.59. The van der Waals surface area contributed by atoms with Crippen molar-refractivity contribution in [2.75, 3.05) is 15.4 Å². The van der Waals surface area contributed by atoms with Gasteiger partial charge in [-0.3, -0.25) is 4.72 Å². The van der Waals surface area contributed by atoms with Crippen LogP contribution >= 0.6 is 15.9 Å². The van der Waals surface area contributed by atoms with Crippen molar-refractivity contribution in [3.05, 3.63) is 59.5 Å². The molecule has 2 aromatic heterocycles. The highest BCUT2D eigenvalue weighted by atomic mass is 79.9. The van der Waals surface area contributed by atoms with Gasteiger partial charge < -0.3 is 15.2 Å². The minimum Gasteiger partial charge on any atom is -0.337 e. The third-order valence-electron chi connectivity index (χ3n) is 5.12. The number of aromatic nitrogens is 4. The molecule has 0 aliphatic heterocycles. The summed E-state index contributed by atoms with van der Waals surface area (Å²) in [4.78, 5) is 13.2. The lowest BCUT2D eigenvalue weighted by atomic mass is 10.2. The number of anilines is 5. The number of benzene rings is 2. The Balaban J connectivity index is 1.40. The molecule has 3 N–H and O–H groups in total. The molecule has 2 aromatic carbocycles. The Morgan fingerprint density at radius 1 is 1.06 bits per heavy atom. The van der Waals surface area contributed by atoms with Crippen LogP contribution in [-0.4, -0.2) is 33.2 Å². The Morgan fingerprint density at radius 2 is 1.84 bits per heavy atom. The zero-order valence-electron chi connectivity index (χ0n) is 17.1. The largest absolute Gasteiger partial charge is 0.337 e. The molecule has 11 heteroatoms. The Labute approximate surface area is 193 Å². The van der Waals surface area contributed by atoms with Gasteiger partial charge in [-0.05, 0) is 59.1 Å². The molecule has 1 aliphatic carbocycles. The smallest absolute Gasteiger partial charge is 0.235 e. The zero-order chi connectivity index (χ0) is 22.3. The van der Waals surface area contributed by atoms with E-state index in [0.717, 1.165) is 16.7 Å². The van der Waals surface area contributed by atoms with Crippen LogP contribution in [0.4, 0.5) is 28.8 Å². The Kier molecular flexibility index (Phi) is 5.22. The number of imidazole rings is 1. The summed E-state index contributed by atoms with van der Waals surface area (Å²) in [7, 11) is -1.45. The first-order valence-corrected chi connectivity index (χ1v) is 12.3. The summed E-state index contributed by atoms with van der Waals surface area (Å²) < 4.78 is 30.1. The van der Waals surface area contributed by atoms with Gasteiger partial charge in [-0.2, -0.15) is 4.98 Å². The van der Waals surface area contributed by atoms with Crippen molar-refractivity contribution < 1.29 is 8.42 Å². The predicted molar refractivity (Wildman–Crippen MR) is 129 cm³/mol. The Bertz CT molecular complexity index is 1420. The normalized spacial score (nSPS) is 13.8. The number of fused-ring (bicyclic) bond motifs is 1. The van der Waals surface area contributed by atoms with Crippen LogP contribution in [-0.2, 0) is 17.1 Å². The summed E-state index contributed by atoms with van der Waals surface area (Å²) in [6, 6.07) is 12.9. The van der Waals surface area contributed by atoms with Gasteiger partial charge >= 0.3 is 0 Å². The molecule has 1 fully saturated rings. The lowest BCUT2D eigenvalue weighted by Gasteiger charge is -2.15. The minimum absolute atomic E-state index is 0.311. The molecule has 1 saturated carbocycles. The molecule has 0 amide bonds. The molecule has 0 unspecified atom stereocenters. The standard InChI is InChI=1S/C21H20BrN7O2S/c1-29-12-24-18-9-6-13(10-19(18)29)25-21-23-11-15(22)20(27-21)26-16-4-2-3-5-17(16)28-32(30,31)14-7-8-14/h2-6,9-12,14,28H,7-8H2,1H3,(H2,23,25,26,27). The van der Waals surface area contributed by atoms with Crippen LogP contribution in [0.1, 0.15) is 12.8 Å². The maximum atomic E-state index is 12.4. The van der Waals surface area contributed by atoms with Crippen molar-refractivity contribution in [2.45, 2.75) is 18.1 Å². The van der Waals surface area contributed by atoms with Gasteiger partial charge in [0.05, 0.1) is 38.5 Å². The quantitative estimate of drug-likeness (QED) is 0.332. The molecular weight excluding hydrogens is 494 g/mol. The fraction of sp³-hybridized carbons (Fsp3) is 0.190. The lowest BCUT2D eigenvalue weighted by molar-refractivity contribution is 0.600. The van der Waals surface area contributed by atoms with Crippen LogP contribution in [0.3, 0.4) is 0 Å². The molecular formula is C21H20BrN7O2S. The molecule has 164 valence electrons. The van der Waals surface area contributed by atoms with Gasteiger partial charge in [0.15, 0.2) is 0 Å². The summed E-state index contributed by atoms with van der Waals surface area (Å²) >= 11 is 3.46. The first-order valence-electron chi connectivity index (χ1n) is 9.97. The lowest BCUT2D eigenvalue weighted by Crippen LogP contribution is -2.18. The van der Waals surface area contributed by atoms with E-state index in [1.807, 2.05) is 35.9 Å². The zero-order valence-corrected chi connectivity index (χ0v) is 19.5. The van der Waals surface area contributed by atoms with Crippen LogP contribution in [0, 0.1) is 0 Å². The number of hydrogen-bond acceptors (Lipinski definition) is 7. The number of aryl methyl sites for hydroxylation is 1. The number of nitrogens with one attached hydrogen (secondary N) is 3. The van der Waals surface area contributed by atoms with Crippen LogP contribution in [0.15, 0.2) is 59.5 Å². The van der Waals surface area contributed by atoms with Crippen LogP contribution in [0.2, 0.25) is 0 Å². The second kappa shape index (κ2) is 8.06. The topological polar surface area (TPSA) is 114 Å². The average molecular weight is 514 g/mol. The molecule has 32 heavy (non-hydrogen) atoms. The fourth-order valence-corrected chi connectivity index (χ4v) is 4.97. The highest BCUT2D eigenvalue weighted by molar-refractivity contribution is 9.10. The van der Waals surface area contributed by atoms with Crippen molar-refractivity contribution in [1.82, 2.24) is 19.5 Å². The summed E-state index contributed by atoms with van der Waals surface area (Å²) in [5, 5.41) is 6.10. The highest BCUT2D eigenvalue weighted by Gasteiger charge is 2.36. The molecule has 0 radical (unpaired) electrons. The van der Waals surface area contributed by atoms with Crippen molar-refractivity contribution in [3.63, 3.8) is 0 Å². The Morgan fingerprint density at radius 3 is 2.62 bits per heavy atom. The number of rotatable bonds is 7. The van der Waals surface area contributed by atoms with Crippen LogP contribution in [0.25, 0.3) is 11.0 Å². The maximum Gasteiger partial charge on any atom is 0.235 e. The number of para-hydroxylation sites is 2. The van der Waals surface area contributed by atoms with E-state index < -0.39 is 10.0 Å². The van der Waals surface area contributed by atoms with Gasteiger partial charge in [0, 0.05) is 18.9 Å². The van der Waals surface area contributed by atoms with E-state index >= 15 is 0 Å². The van der Waals surface area contributed by atoms with Crippen LogP contribution < -0.4 is 15.4 Å². The van der Waals surface area contributed by atoms with E-state index in [1.165, 1.54) is 0 Å². The summed E-state index contributed by atoms with van der Waals surface area (Å²) in [6.07, 6.45) is 4.79. The molecule has 0 atom stereocenters. The molecule has 0 saturated heterocycles. The second-order valence-corrected chi connectivity index (χ2v) is 10.4.